The van der Waals surface area contributed by atoms with E-state index in [0.29, 0.717) is 16.7 Å². The van der Waals surface area contributed by atoms with Crippen molar-refractivity contribution in [3.63, 3.8) is 0 Å². The molecule has 0 amide bonds. The van der Waals surface area contributed by atoms with Crippen LogP contribution in [0.5, 0.6) is 5.75 Å². The fourth-order valence-electron chi connectivity index (χ4n) is 1.90. The zero-order valence-corrected chi connectivity index (χ0v) is 12.4. The van der Waals surface area contributed by atoms with Crippen LogP contribution in [0.1, 0.15) is 5.89 Å². The fraction of sp³-hybridized carbons (Fsp3) is 0.0667. The van der Waals surface area contributed by atoms with E-state index in [2.05, 4.69) is 9.97 Å². The van der Waals surface area contributed by atoms with Crippen LogP contribution in [0.2, 0.25) is 5.02 Å². The first-order valence-electron chi connectivity index (χ1n) is 6.56. The fourth-order valence-corrected chi connectivity index (χ4v) is 2.02. The van der Waals surface area contributed by atoms with Crippen molar-refractivity contribution in [1.29, 1.82) is 0 Å². The minimum atomic E-state index is -0.607. The van der Waals surface area contributed by atoms with E-state index in [1.165, 1.54) is 12.3 Å². The van der Waals surface area contributed by atoms with Gasteiger partial charge in [0.25, 0.3) is 0 Å². The van der Waals surface area contributed by atoms with Gasteiger partial charge in [-0.3, -0.25) is 0 Å². The van der Waals surface area contributed by atoms with Gasteiger partial charge in [0, 0.05) is 10.6 Å². The van der Waals surface area contributed by atoms with Crippen LogP contribution in [0.4, 0.5) is 5.82 Å². The zero-order valence-electron chi connectivity index (χ0n) is 11.7. The molecule has 0 aliphatic carbocycles. The molecule has 0 aliphatic rings. The van der Waals surface area contributed by atoms with Crippen molar-refractivity contribution in [2.24, 2.45) is 0 Å². The van der Waals surface area contributed by atoms with Crippen molar-refractivity contribution < 1.29 is 14.1 Å². The van der Waals surface area contributed by atoms with E-state index in [9.17, 15) is 10.1 Å². The van der Waals surface area contributed by atoms with Gasteiger partial charge in [-0.15, -0.1) is 0 Å². The molecule has 2 heterocycles. The third-order valence-electron chi connectivity index (χ3n) is 2.96. The molecule has 0 unspecified atom stereocenters. The second-order valence-corrected chi connectivity index (χ2v) is 4.93. The van der Waals surface area contributed by atoms with Crippen LogP contribution in [0.3, 0.4) is 0 Å². The van der Waals surface area contributed by atoms with Crippen molar-refractivity contribution in [3.8, 4) is 17.1 Å². The lowest BCUT2D eigenvalue weighted by atomic mass is 10.2. The van der Waals surface area contributed by atoms with Crippen molar-refractivity contribution in [1.82, 2.24) is 9.97 Å². The van der Waals surface area contributed by atoms with Crippen LogP contribution >= 0.6 is 11.6 Å². The summed E-state index contributed by atoms with van der Waals surface area (Å²) in [7, 11) is 0. The number of aromatic nitrogens is 2. The molecule has 1 aromatic carbocycles. The van der Waals surface area contributed by atoms with E-state index >= 15 is 0 Å². The second-order valence-electron chi connectivity index (χ2n) is 4.50. The average Bonchev–Trinajstić information content (AvgIpc) is 3.03. The van der Waals surface area contributed by atoms with Crippen molar-refractivity contribution in [2.75, 3.05) is 0 Å². The summed E-state index contributed by atoms with van der Waals surface area (Å²) >= 11 is 5.84. The highest BCUT2D eigenvalue weighted by atomic mass is 35.5. The first-order chi connectivity index (χ1) is 11.1. The topological polar surface area (TPSA) is 91.3 Å². The lowest BCUT2D eigenvalue weighted by Crippen LogP contribution is -2.00. The number of ether oxygens (including phenoxy) is 1. The molecule has 3 aromatic rings. The number of benzene rings is 1. The summed E-state index contributed by atoms with van der Waals surface area (Å²) in [5, 5.41) is 11.5. The summed E-state index contributed by atoms with van der Waals surface area (Å²) < 4.78 is 10.9. The lowest BCUT2D eigenvalue weighted by Gasteiger charge is -2.03. The molecule has 0 saturated carbocycles. The molecule has 0 radical (unpaired) electrons. The molecular formula is C15H10ClN3O4. The molecule has 116 valence electrons. The molecule has 7 nitrogen and oxygen atoms in total. The molecule has 8 heteroatoms. The Labute approximate surface area is 135 Å². The summed E-state index contributed by atoms with van der Waals surface area (Å²) in [6.45, 7) is -0.0415. The Morgan fingerprint density at radius 2 is 2.00 bits per heavy atom. The molecule has 0 spiro atoms. The molecule has 3 rings (SSSR count). The number of halogens is 1. The quantitative estimate of drug-likeness (QED) is 0.520. The van der Waals surface area contributed by atoms with Crippen molar-refractivity contribution in [2.45, 2.75) is 6.61 Å². The van der Waals surface area contributed by atoms with E-state index in [-0.39, 0.29) is 18.2 Å². The Hall–Kier alpha value is -2.93. The number of hydrogen-bond acceptors (Lipinski definition) is 6. The summed E-state index contributed by atoms with van der Waals surface area (Å²) in [6, 6.07) is 10.1. The van der Waals surface area contributed by atoms with Gasteiger partial charge in [0.15, 0.2) is 12.4 Å². The smallest absolute Gasteiger partial charge is 0.406 e. The standard InChI is InChI=1S/C15H10ClN3O4/c16-11-5-3-10(4-6-11)13-8-18-14(23-13)9-22-12-2-1-7-17-15(12)19(20)21/h1-8H,9H2. The van der Waals surface area contributed by atoms with E-state index in [0.717, 1.165) is 5.56 Å². The first-order valence-corrected chi connectivity index (χ1v) is 6.94. The summed E-state index contributed by atoms with van der Waals surface area (Å²) in [4.78, 5) is 18.0. The highest BCUT2D eigenvalue weighted by Crippen LogP contribution is 2.25. The second kappa shape index (κ2) is 6.45. The molecular weight excluding hydrogens is 322 g/mol. The van der Waals surface area contributed by atoms with Crippen LogP contribution in [0.15, 0.2) is 53.2 Å². The lowest BCUT2D eigenvalue weighted by molar-refractivity contribution is -0.390. The SMILES string of the molecule is O=[N+]([O-])c1ncccc1OCc1ncc(-c2ccc(Cl)cc2)o1. The molecule has 0 saturated heterocycles. The highest BCUT2D eigenvalue weighted by molar-refractivity contribution is 6.30. The van der Waals surface area contributed by atoms with E-state index in [4.69, 9.17) is 20.8 Å². The molecule has 2 aromatic heterocycles. The monoisotopic (exact) mass is 331 g/mol. The highest BCUT2D eigenvalue weighted by Gasteiger charge is 2.16. The van der Waals surface area contributed by atoms with Crippen LogP contribution in [0.25, 0.3) is 11.3 Å². The van der Waals surface area contributed by atoms with E-state index in [1.807, 2.05) is 0 Å². The van der Waals surface area contributed by atoms with Gasteiger partial charge < -0.3 is 19.3 Å². The van der Waals surface area contributed by atoms with Crippen LogP contribution in [-0.2, 0) is 6.61 Å². The van der Waals surface area contributed by atoms with Gasteiger partial charge in [0.05, 0.1) is 6.20 Å². The van der Waals surface area contributed by atoms with Crippen LogP contribution in [-0.4, -0.2) is 14.9 Å². The van der Waals surface area contributed by atoms with Gasteiger partial charge in [-0.25, -0.2) is 4.98 Å². The Balaban J connectivity index is 1.73. The summed E-state index contributed by atoms with van der Waals surface area (Å²) in [5.74, 6) is 0.565. The number of oxazole rings is 1. The average molecular weight is 332 g/mol. The largest absolute Gasteiger partial charge is 0.476 e. The molecule has 0 atom stereocenters. The predicted octanol–water partition coefficient (Wildman–Crippen LogP) is 3.88. The molecule has 0 aliphatic heterocycles. The number of nitro groups is 1. The molecule has 0 N–H and O–H groups in total. The van der Waals surface area contributed by atoms with Gasteiger partial charge in [-0.05, 0) is 46.3 Å². The van der Waals surface area contributed by atoms with Crippen LogP contribution in [0, 0.1) is 10.1 Å². The normalized spacial score (nSPS) is 10.5. The Kier molecular flexibility index (Phi) is 4.20. The van der Waals surface area contributed by atoms with Crippen LogP contribution < -0.4 is 4.74 Å². The minimum absolute atomic E-state index is 0.0415. The zero-order chi connectivity index (χ0) is 16.2. The minimum Gasteiger partial charge on any atom is -0.476 e. The van der Waals surface area contributed by atoms with E-state index in [1.54, 1.807) is 36.5 Å². The molecule has 23 heavy (non-hydrogen) atoms. The maximum atomic E-state index is 10.9. The third kappa shape index (κ3) is 3.46. The Morgan fingerprint density at radius 1 is 1.22 bits per heavy atom. The first kappa shape index (κ1) is 15.0. The maximum absolute atomic E-state index is 10.9. The predicted molar refractivity (Wildman–Crippen MR) is 82.2 cm³/mol. The van der Waals surface area contributed by atoms with Gasteiger partial charge in [0.2, 0.25) is 11.6 Å². The van der Waals surface area contributed by atoms with Gasteiger partial charge in [-0.2, -0.15) is 0 Å². The number of rotatable bonds is 5. The maximum Gasteiger partial charge on any atom is 0.406 e. The van der Waals surface area contributed by atoms with E-state index < -0.39 is 4.92 Å². The Morgan fingerprint density at radius 3 is 2.74 bits per heavy atom. The molecule has 0 fully saturated rings. The van der Waals surface area contributed by atoms with Crippen molar-refractivity contribution in [3.05, 3.63) is 69.8 Å². The summed E-state index contributed by atoms with van der Waals surface area (Å²) in [5.41, 5.74) is 0.820. The number of hydrogen-bond donors (Lipinski definition) is 0. The third-order valence-corrected chi connectivity index (χ3v) is 3.21. The van der Waals surface area contributed by atoms with Gasteiger partial charge >= 0.3 is 5.82 Å². The number of nitrogens with zero attached hydrogens (tertiary/aromatic N) is 3. The van der Waals surface area contributed by atoms with Gasteiger partial charge in [0.1, 0.15) is 6.20 Å². The number of pyridine rings is 1. The van der Waals surface area contributed by atoms with Gasteiger partial charge in [-0.1, -0.05) is 11.6 Å². The molecule has 0 bridgehead atoms. The summed E-state index contributed by atoms with van der Waals surface area (Å²) in [6.07, 6.45) is 2.88. The Bertz CT molecular complexity index is 833. The van der Waals surface area contributed by atoms with Crippen molar-refractivity contribution >= 4 is 17.4 Å².